The van der Waals surface area contributed by atoms with E-state index in [-0.39, 0.29) is 17.4 Å². The van der Waals surface area contributed by atoms with Crippen molar-refractivity contribution < 1.29 is 27.4 Å². The number of ether oxygens (including phenoxy) is 3. The number of sulfonamides is 1. The van der Waals surface area contributed by atoms with Crippen LogP contribution in [-0.2, 0) is 14.8 Å². The van der Waals surface area contributed by atoms with Gasteiger partial charge in [0.1, 0.15) is 19.0 Å². The van der Waals surface area contributed by atoms with E-state index in [2.05, 4.69) is 10.0 Å². The molecule has 0 saturated heterocycles. The number of carbonyl (C=O) groups is 1. The van der Waals surface area contributed by atoms with Gasteiger partial charge in [-0.15, -0.1) is 0 Å². The van der Waals surface area contributed by atoms with Gasteiger partial charge in [-0.2, -0.15) is 0 Å². The molecule has 1 aliphatic heterocycles. The Balaban J connectivity index is 1.32. The molecule has 0 spiro atoms. The molecule has 1 amide bonds. The third kappa shape index (κ3) is 5.26. The van der Waals surface area contributed by atoms with Crippen LogP contribution >= 0.6 is 0 Å². The number of nitrogens with one attached hydrogen (secondary N) is 2. The molecule has 0 saturated carbocycles. The van der Waals surface area contributed by atoms with Crippen LogP contribution in [0.3, 0.4) is 0 Å². The van der Waals surface area contributed by atoms with E-state index < -0.39 is 10.0 Å². The smallest absolute Gasteiger partial charge is 0.262 e. The fourth-order valence-electron chi connectivity index (χ4n) is 2.90. The van der Waals surface area contributed by atoms with Crippen LogP contribution < -0.4 is 24.2 Å². The maximum Gasteiger partial charge on any atom is 0.262 e. The lowest BCUT2D eigenvalue weighted by molar-refractivity contribution is -0.118. The minimum Gasteiger partial charge on any atom is -0.486 e. The van der Waals surface area contributed by atoms with Crippen LogP contribution in [0.2, 0.25) is 0 Å². The molecule has 1 aliphatic rings. The molecule has 3 aromatic carbocycles. The molecule has 31 heavy (non-hydrogen) atoms. The third-order valence-electron chi connectivity index (χ3n) is 4.36. The summed E-state index contributed by atoms with van der Waals surface area (Å²) in [5.74, 6) is 1.22. The first kappa shape index (κ1) is 20.5. The summed E-state index contributed by atoms with van der Waals surface area (Å²) in [7, 11) is -3.72. The van der Waals surface area contributed by atoms with Crippen molar-refractivity contribution in [3.8, 4) is 17.2 Å². The number of para-hydroxylation sites is 1. The van der Waals surface area contributed by atoms with Gasteiger partial charge in [0.15, 0.2) is 18.1 Å². The highest BCUT2D eigenvalue weighted by Gasteiger charge is 2.15. The molecular formula is C22H20N2O6S. The summed E-state index contributed by atoms with van der Waals surface area (Å²) in [5.41, 5.74) is 1.03. The second-order valence-electron chi connectivity index (χ2n) is 6.64. The molecule has 9 heteroatoms. The first-order valence-electron chi connectivity index (χ1n) is 9.50. The van der Waals surface area contributed by atoms with Crippen molar-refractivity contribution in [2.24, 2.45) is 0 Å². The Labute approximate surface area is 179 Å². The molecular weight excluding hydrogens is 420 g/mol. The van der Waals surface area contributed by atoms with Gasteiger partial charge in [0.05, 0.1) is 4.90 Å². The molecule has 0 unspecified atom stereocenters. The molecule has 160 valence electrons. The maximum absolute atomic E-state index is 12.4. The maximum atomic E-state index is 12.4. The Hall–Kier alpha value is -3.72. The predicted octanol–water partition coefficient (Wildman–Crippen LogP) is 3.28. The van der Waals surface area contributed by atoms with Gasteiger partial charge in [0.2, 0.25) is 0 Å². The molecule has 0 bridgehead atoms. The quantitative estimate of drug-likeness (QED) is 0.585. The number of hydrogen-bond donors (Lipinski definition) is 2. The lowest BCUT2D eigenvalue weighted by atomic mass is 10.2. The van der Waals surface area contributed by atoms with E-state index >= 15 is 0 Å². The van der Waals surface area contributed by atoms with Crippen LogP contribution in [0.25, 0.3) is 0 Å². The van der Waals surface area contributed by atoms with Gasteiger partial charge in [0.25, 0.3) is 15.9 Å². The van der Waals surface area contributed by atoms with Crippen LogP contribution in [0.5, 0.6) is 17.2 Å². The highest BCUT2D eigenvalue weighted by molar-refractivity contribution is 7.92. The summed E-state index contributed by atoms with van der Waals surface area (Å²) in [5, 5.41) is 2.72. The number of fused-ring (bicyclic) bond motifs is 1. The fraction of sp³-hybridized carbons (Fsp3) is 0.136. The first-order valence-corrected chi connectivity index (χ1v) is 11.0. The van der Waals surface area contributed by atoms with Crippen molar-refractivity contribution in [2.45, 2.75) is 4.90 Å². The second-order valence-corrected chi connectivity index (χ2v) is 8.32. The number of benzene rings is 3. The summed E-state index contributed by atoms with van der Waals surface area (Å²) in [4.78, 5) is 12.3. The minimum absolute atomic E-state index is 0.0874. The fourth-order valence-corrected chi connectivity index (χ4v) is 3.96. The monoisotopic (exact) mass is 440 g/mol. The van der Waals surface area contributed by atoms with Gasteiger partial charge < -0.3 is 19.5 Å². The molecule has 0 fully saturated rings. The Morgan fingerprint density at radius 2 is 1.58 bits per heavy atom. The van der Waals surface area contributed by atoms with E-state index in [1.807, 2.05) is 0 Å². The van der Waals surface area contributed by atoms with E-state index in [9.17, 15) is 13.2 Å². The second kappa shape index (κ2) is 8.97. The predicted molar refractivity (Wildman–Crippen MR) is 115 cm³/mol. The van der Waals surface area contributed by atoms with Crippen LogP contribution in [0.1, 0.15) is 0 Å². The number of anilines is 2. The molecule has 2 N–H and O–H groups in total. The van der Waals surface area contributed by atoms with Crippen molar-refractivity contribution in [2.75, 3.05) is 29.9 Å². The van der Waals surface area contributed by atoms with E-state index in [0.717, 1.165) is 0 Å². The standard InChI is InChI=1S/C22H20N2O6S/c25-22(23-17-6-11-20-21(14-17)29-13-12-28-20)15-30-18-7-9-19(10-8-18)31(26,27)24-16-4-2-1-3-5-16/h1-11,14,24H,12-13,15H2,(H,23,25). The topological polar surface area (TPSA) is 103 Å². The number of carbonyl (C=O) groups excluding carboxylic acids is 1. The van der Waals surface area contributed by atoms with Crippen molar-refractivity contribution in [3.63, 3.8) is 0 Å². The van der Waals surface area contributed by atoms with Crippen molar-refractivity contribution in [1.82, 2.24) is 0 Å². The van der Waals surface area contributed by atoms with Gasteiger partial charge in [-0.05, 0) is 48.5 Å². The van der Waals surface area contributed by atoms with Gasteiger partial charge in [-0.1, -0.05) is 18.2 Å². The van der Waals surface area contributed by atoms with Gasteiger partial charge >= 0.3 is 0 Å². The van der Waals surface area contributed by atoms with Gasteiger partial charge in [-0.3, -0.25) is 9.52 Å². The largest absolute Gasteiger partial charge is 0.486 e. The molecule has 4 rings (SSSR count). The minimum atomic E-state index is -3.72. The molecule has 0 aliphatic carbocycles. The average molecular weight is 440 g/mol. The normalized spacial score (nSPS) is 12.6. The van der Waals surface area contributed by atoms with Crippen molar-refractivity contribution in [3.05, 3.63) is 72.8 Å². The van der Waals surface area contributed by atoms with Crippen LogP contribution in [0.4, 0.5) is 11.4 Å². The van der Waals surface area contributed by atoms with E-state index in [0.29, 0.717) is 41.8 Å². The zero-order valence-corrected chi connectivity index (χ0v) is 17.2. The molecule has 0 aromatic heterocycles. The van der Waals surface area contributed by atoms with Crippen LogP contribution in [0, 0.1) is 0 Å². The lowest BCUT2D eigenvalue weighted by Crippen LogP contribution is -2.21. The van der Waals surface area contributed by atoms with Crippen LogP contribution in [0.15, 0.2) is 77.7 Å². The number of amides is 1. The number of rotatable bonds is 7. The zero-order chi connectivity index (χ0) is 21.7. The van der Waals surface area contributed by atoms with Crippen molar-refractivity contribution >= 4 is 27.3 Å². The van der Waals surface area contributed by atoms with Crippen molar-refractivity contribution in [1.29, 1.82) is 0 Å². The summed E-state index contributed by atoms with van der Waals surface area (Å²) >= 11 is 0. The Bertz CT molecular complexity index is 1160. The summed E-state index contributed by atoms with van der Waals surface area (Å²) in [6, 6.07) is 19.6. The van der Waals surface area contributed by atoms with Gasteiger partial charge in [-0.25, -0.2) is 8.42 Å². The summed E-state index contributed by atoms with van der Waals surface area (Å²) in [6.45, 7) is 0.720. The average Bonchev–Trinajstić information content (AvgIpc) is 2.78. The zero-order valence-electron chi connectivity index (χ0n) is 16.4. The Morgan fingerprint density at radius 1 is 0.871 bits per heavy atom. The van der Waals surface area contributed by atoms with Crippen LogP contribution in [-0.4, -0.2) is 34.1 Å². The Morgan fingerprint density at radius 3 is 2.32 bits per heavy atom. The van der Waals surface area contributed by atoms with Gasteiger partial charge in [0, 0.05) is 17.4 Å². The molecule has 3 aromatic rings. The van der Waals surface area contributed by atoms with E-state index in [1.54, 1.807) is 48.5 Å². The SMILES string of the molecule is O=C(COc1ccc(S(=O)(=O)Nc2ccccc2)cc1)Nc1ccc2c(c1)OCCO2. The first-order chi connectivity index (χ1) is 15.0. The lowest BCUT2D eigenvalue weighted by Gasteiger charge is -2.19. The Kier molecular flexibility index (Phi) is 5.94. The van der Waals surface area contributed by atoms with E-state index in [4.69, 9.17) is 14.2 Å². The molecule has 0 radical (unpaired) electrons. The third-order valence-corrected chi connectivity index (χ3v) is 5.75. The van der Waals surface area contributed by atoms with E-state index in [1.165, 1.54) is 24.3 Å². The molecule has 8 nitrogen and oxygen atoms in total. The number of hydrogen-bond acceptors (Lipinski definition) is 6. The highest BCUT2D eigenvalue weighted by atomic mass is 32.2. The highest BCUT2D eigenvalue weighted by Crippen LogP contribution is 2.32. The summed E-state index contributed by atoms with van der Waals surface area (Å²) < 4.78 is 43.8. The summed E-state index contributed by atoms with van der Waals surface area (Å²) in [6.07, 6.45) is 0. The molecule has 0 atom stereocenters. The molecule has 1 heterocycles.